The molecule has 0 saturated heterocycles. The van der Waals surface area contributed by atoms with Gasteiger partial charge in [0.2, 0.25) is 0 Å². The van der Waals surface area contributed by atoms with E-state index in [1.165, 1.54) is 0 Å². The Kier molecular flexibility index (Phi) is 5.27. The van der Waals surface area contributed by atoms with E-state index in [1.807, 2.05) is 6.92 Å². The second kappa shape index (κ2) is 7.45. The first-order chi connectivity index (χ1) is 12.5. The molecule has 0 spiro atoms. The van der Waals surface area contributed by atoms with Crippen LogP contribution in [-0.4, -0.2) is 31.6 Å². The van der Waals surface area contributed by atoms with Crippen LogP contribution in [0, 0.1) is 12.8 Å². The van der Waals surface area contributed by atoms with Gasteiger partial charge in [0, 0.05) is 18.2 Å². The Morgan fingerprint density at radius 2 is 2.27 bits per heavy atom. The van der Waals surface area contributed by atoms with Gasteiger partial charge in [0.15, 0.2) is 5.55 Å². The molecule has 1 aliphatic carbocycles. The van der Waals surface area contributed by atoms with Crippen LogP contribution < -0.4 is 10.1 Å². The first-order valence-corrected chi connectivity index (χ1v) is 8.88. The molecule has 0 fully saturated rings. The van der Waals surface area contributed by atoms with E-state index in [2.05, 4.69) is 23.6 Å². The van der Waals surface area contributed by atoms with Gasteiger partial charge in [-0.2, -0.15) is 0 Å². The summed E-state index contributed by atoms with van der Waals surface area (Å²) in [4.78, 5) is 24.1. The zero-order chi connectivity index (χ0) is 18.8. The number of allylic oxidation sites excluding steroid dienone is 2. The van der Waals surface area contributed by atoms with Crippen molar-refractivity contribution in [1.29, 1.82) is 0 Å². The van der Waals surface area contributed by atoms with Crippen LogP contribution in [0.4, 0.5) is 5.69 Å². The molecule has 0 radical (unpaired) electrons. The van der Waals surface area contributed by atoms with E-state index < -0.39 is 0 Å². The van der Waals surface area contributed by atoms with E-state index in [0.29, 0.717) is 24.8 Å². The van der Waals surface area contributed by atoms with Gasteiger partial charge in [-0.25, -0.2) is 4.79 Å². The van der Waals surface area contributed by atoms with Crippen molar-refractivity contribution in [1.82, 2.24) is 0 Å². The van der Waals surface area contributed by atoms with E-state index in [-0.39, 0.29) is 24.5 Å². The zero-order valence-corrected chi connectivity index (χ0v) is 15.8. The monoisotopic (exact) mass is 375 g/mol. The molecule has 0 amide bonds. The molecule has 0 saturated carbocycles. The van der Waals surface area contributed by atoms with Gasteiger partial charge in [-0.05, 0) is 44.0 Å². The van der Waals surface area contributed by atoms with Gasteiger partial charge in [-0.3, -0.25) is 4.79 Å². The molecule has 6 nitrogen and oxygen atoms in total. The Labute approximate surface area is 157 Å². The molecule has 1 heterocycles. The summed E-state index contributed by atoms with van der Waals surface area (Å²) in [6.45, 7) is 2.20. The van der Waals surface area contributed by atoms with Crippen molar-refractivity contribution in [3.05, 3.63) is 33.9 Å². The molecule has 2 aliphatic rings. The Bertz CT molecular complexity index is 815. The average Bonchev–Trinajstić information content (AvgIpc) is 3.24. The lowest BCUT2D eigenvalue weighted by atomic mass is 9.91. The van der Waals surface area contributed by atoms with Crippen LogP contribution in [0.3, 0.4) is 0 Å². The van der Waals surface area contributed by atoms with Gasteiger partial charge >= 0.3 is 11.9 Å². The van der Waals surface area contributed by atoms with Gasteiger partial charge in [-0.1, -0.05) is 11.6 Å². The molecule has 1 aliphatic heterocycles. The number of cyclic esters (lactones) is 1. The largest absolute Gasteiger partial charge is 0.496 e. The van der Waals surface area contributed by atoms with E-state index >= 15 is 0 Å². The van der Waals surface area contributed by atoms with Crippen LogP contribution in [0.25, 0.3) is 0 Å². The molecule has 1 aromatic rings. The molecule has 1 unspecified atom stereocenters. The minimum absolute atomic E-state index is 0.214. The predicted octanol–water partition coefficient (Wildman–Crippen LogP) is 3.10. The second-order valence-electron chi connectivity index (χ2n) is 6.40. The third-order valence-electron chi connectivity index (χ3n) is 5.03. The molecule has 138 valence electrons. The molecule has 26 heavy (non-hydrogen) atoms. The van der Waals surface area contributed by atoms with Gasteiger partial charge in [0.05, 0.1) is 24.3 Å². The van der Waals surface area contributed by atoms with E-state index in [1.54, 1.807) is 14.2 Å². The highest BCUT2D eigenvalue weighted by Gasteiger charge is 2.33. The SMILES string of the molecule is CNc1c(CC2=CCC(C(=O)OC=S)C2)c(OC)c(C)c2c1C(=O)OC2. The topological polar surface area (TPSA) is 73.9 Å². The maximum atomic E-state index is 12.2. The Morgan fingerprint density at radius 1 is 1.50 bits per heavy atom. The summed E-state index contributed by atoms with van der Waals surface area (Å²) in [5.74, 6) is -0.0918. The number of ether oxygens (including phenoxy) is 3. The Balaban J connectivity index is 1.95. The van der Waals surface area contributed by atoms with Crippen LogP contribution in [0.2, 0.25) is 0 Å². The summed E-state index contributed by atoms with van der Waals surface area (Å²) >= 11 is 4.58. The number of methoxy groups -OCH3 is 1. The number of hydrogen-bond donors (Lipinski definition) is 1. The highest BCUT2D eigenvalue weighted by atomic mass is 32.1. The fourth-order valence-electron chi connectivity index (χ4n) is 3.79. The fourth-order valence-corrected chi connectivity index (χ4v) is 3.88. The molecular formula is C19H21NO5S. The number of hydrogen-bond acceptors (Lipinski definition) is 7. The number of nitrogens with one attached hydrogen (secondary N) is 1. The van der Waals surface area contributed by atoms with Crippen molar-refractivity contribution >= 4 is 35.4 Å². The lowest BCUT2D eigenvalue weighted by Crippen LogP contribution is -2.14. The lowest BCUT2D eigenvalue weighted by molar-refractivity contribution is -0.139. The standard InChI is InChI=1S/C19H21NO5S/c1-10-14-8-24-19(22)15(14)16(20-2)13(17(10)23-3)7-11-4-5-12(6-11)18(21)25-9-26/h4,9,12,20H,5-8H2,1-3H3. The molecule has 7 heteroatoms. The molecule has 0 bridgehead atoms. The van der Waals surface area contributed by atoms with Crippen molar-refractivity contribution in [2.75, 3.05) is 19.5 Å². The van der Waals surface area contributed by atoms with Crippen LogP contribution in [0.1, 0.15) is 39.9 Å². The lowest BCUT2D eigenvalue weighted by Gasteiger charge is -2.20. The predicted molar refractivity (Wildman–Crippen MR) is 101 cm³/mol. The number of carbonyl (C=O) groups excluding carboxylic acids is 2. The quantitative estimate of drug-likeness (QED) is 0.465. The summed E-state index contributed by atoms with van der Waals surface area (Å²) in [6, 6.07) is 0. The maximum absolute atomic E-state index is 12.2. The van der Waals surface area contributed by atoms with Crippen LogP contribution in [0.15, 0.2) is 11.6 Å². The third-order valence-corrected chi connectivity index (χ3v) is 5.12. The second-order valence-corrected chi connectivity index (χ2v) is 6.59. The van der Waals surface area contributed by atoms with Crippen LogP contribution in [0.5, 0.6) is 5.75 Å². The molecule has 1 N–H and O–H groups in total. The zero-order valence-electron chi connectivity index (χ0n) is 15.0. The highest BCUT2D eigenvalue weighted by molar-refractivity contribution is 7.78. The van der Waals surface area contributed by atoms with Crippen molar-refractivity contribution in [3.63, 3.8) is 0 Å². The van der Waals surface area contributed by atoms with Gasteiger partial charge < -0.3 is 19.5 Å². The maximum Gasteiger partial charge on any atom is 0.341 e. The summed E-state index contributed by atoms with van der Waals surface area (Å²) < 4.78 is 15.7. The highest BCUT2D eigenvalue weighted by Crippen LogP contribution is 2.43. The summed E-state index contributed by atoms with van der Waals surface area (Å²) in [7, 11) is 3.40. The van der Waals surface area contributed by atoms with Crippen molar-refractivity contribution in [2.45, 2.75) is 32.8 Å². The number of anilines is 1. The Morgan fingerprint density at radius 3 is 2.92 bits per heavy atom. The number of thiocarbonyl (C=S) groups is 1. The van der Waals surface area contributed by atoms with E-state index in [9.17, 15) is 9.59 Å². The summed E-state index contributed by atoms with van der Waals surface area (Å²) in [5.41, 5.74) is 6.10. The number of fused-ring (bicyclic) bond motifs is 1. The third kappa shape index (κ3) is 3.07. The van der Waals surface area contributed by atoms with Crippen molar-refractivity contribution in [3.8, 4) is 5.75 Å². The minimum Gasteiger partial charge on any atom is -0.496 e. The average molecular weight is 375 g/mol. The fraction of sp³-hybridized carbons (Fsp3) is 0.421. The first-order valence-electron chi connectivity index (χ1n) is 8.41. The smallest absolute Gasteiger partial charge is 0.341 e. The number of carbonyl (C=O) groups is 2. The summed E-state index contributed by atoms with van der Waals surface area (Å²) in [6.07, 6.45) is 3.87. The van der Waals surface area contributed by atoms with Crippen LogP contribution in [-0.2, 0) is 27.3 Å². The van der Waals surface area contributed by atoms with E-state index in [4.69, 9.17) is 14.2 Å². The van der Waals surface area contributed by atoms with Gasteiger partial charge in [0.25, 0.3) is 0 Å². The molecular weight excluding hydrogens is 354 g/mol. The number of rotatable bonds is 6. The summed E-state index contributed by atoms with van der Waals surface area (Å²) in [5, 5.41) is 3.14. The number of benzene rings is 1. The normalized spacial score (nSPS) is 18.0. The van der Waals surface area contributed by atoms with Crippen molar-refractivity contribution < 1.29 is 23.8 Å². The van der Waals surface area contributed by atoms with Crippen LogP contribution >= 0.6 is 12.2 Å². The van der Waals surface area contributed by atoms with Gasteiger partial charge in [-0.15, -0.1) is 0 Å². The molecule has 1 aromatic carbocycles. The molecule has 1 atom stereocenters. The minimum atomic E-state index is -0.320. The Hall–Kier alpha value is -2.41. The van der Waals surface area contributed by atoms with E-state index in [0.717, 1.165) is 39.3 Å². The molecule has 3 rings (SSSR count). The molecule has 0 aromatic heterocycles. The van der Waals surface area contributed by atoms with Crippen molar-refractivity contribution in [2.24, 2.45) is 5.92 Å². The number of esters is 2. The van der Waals surface area contributed by atoms with Gasteiger partial charge in [0.1, 0.15) is 12.4 Å². The first kappa shape index (κ1) is 18.4.